The third-order valence-electron chi connectivity index (χ3n) is 4.14. The van der Waals surface area contributed by atoms with Crippen LogP contribution < -0.4 is 5.56 Å². The van der Waals surface area contributed by atoms with Gasteiger partial charge in [-0.25, -0.2) is 9.97 Å². The first-order chi connectivity index (χ1) is 13.2. The lowest BCUT2D eigenvalue weighted by atomic mass is 10.2. The van der Waals surface area contributed by atoms with Crippen LogP contribution in [-0.2, 0) is 18.7 Å². The molecule has 0 N–H and O–H groups in total. The van der Waals surface area contributed by atoms with E-state index < -0.39 is 0 Å². The summed E-state index contributed by atoms with van der Waals surface area (Å²) in [6.45, 7) is 2.55. The van der Waals surface area contributed by atoms with Crippen molar-refractivity contribution in [1.29, 1.82) is 0 Å². The maximum absolute atomic E-state index is 13.1. The van der Waals surface area contributed by atoms with Crippen LogP contribution >= 0.6 is 23.1 Å². The lowest BCUT2D eigenvalue weighted by Gasteiger charge is -2.12. The van der Waals surface area contributed by atoms with Crippen LogP contribution in [0.1, 0.15) is 23.2 Å². The number of hydrogen-bond acceptors (Lipinski definition) is 6. The summed E-state index contributed by atoms with van der Waals surface area (Å²) in [4.78, 5) is 26.6. The Morgan fingerprint density at radius 2 is 2.04 bits per heavy atom. The molecule has 3 aromatic heterocycles. The van der Waals surface area contributed by atoms with E-state index in [1.165, 1.54) is 0 Å². The van der Waals surface area contributed by atoms with Crippen molar-refractivity contribution in [2.45, 2.75) is 30.8 Å². The highest BCUT2D eigenvalue weighted by molar-refractivity contribution is 7.98. The van der Waals surface area contributed by atoms with Crippen molar-refractivity contribution in [3.05, 3.63) is 80.8 Å². The first-order valence-electron chi connectivity index (χ1n) is 8.69. The average Bonchev–Trinajstić information content (AvgIpc) is 3.18. The fraction of sp³-hybridized carbons (Fsp3) is 0.200. The van der Waals surface area contributed by atoms with Gasteiger partial charge in [0.2, 0.25) is 0 Å². The van der Waals surface area contributed by atoms with E-state index in [0.717, 1.165) is 28.2 Å². The minimum Gasteiger partial charge on any atom is -0.283 e. The molecular formula is C20H18N4OS2. The summed E-state index contributed by atoms with van der Waals surface area (Å²) < 4.78 is 1.73. The first kappa shape index (κ1) is 17.9. The van der Waals surface area contributed by atoms with Gasteiger partial charge in [-0.3, -0.25) is 14.3 Å². The Balaban J connectivity index is 1.72. The minimum atomic E-state index is -0.0283. The van der Waals surface area contributed by atoms with E-state index in [4.69, 9.17) is 4.98 Å². The fourth-order valence-corrected chi connectivity index (χ4v) is 4.53. The van der Waals surface area contributed by atoms with Crippen LogP contribution in [0.2, 0.25) is 0 Å². The molecule has 0 unspecified atom stereocenters. The molecule has 0 amide bonds. The molecule has 5 nitrogen and oxygen atoms in total. The lowest BCUT2D eigenvalue weighted by molar-refractivity contribution is 0.656. The lowest BCUT2D eigenvalue weighted by Crippen LogP contribution is -2.24. The smallest absolute Gasteiger partial charge is 0.262 e. The molecule has 27 heavy (non-hydrogen) atoms. The highest BCUT2D eigenvalue weighted by Crippen LogP contribution is 2.24. The molecule has 4 rings (SSSR count). The Bertz CT molecular complexity index is 1120. The number of hydrogen-bond donors (Lipinski definition) is 0. The summed E-state index contributed by atoms with van der Waals surface area (Å²) in [5.74, 6) is 0.689. The van der Waals surface area contributed by atoms with Gasteiger partial charge in [0, 0.05) is 23.5 Å². The highest BCUT2D eigenvalue weighted by Gasteiger charge is 2.13. The van der Waals surface area contributed by atoms with Gasteiger partial charge in [0.1, 0.15) is 0 Å². The standard InChI is InChI=1S/C20H18N4OS2/c1-2-18-22-15(12-26-18)13-27-20-23-17-8-4-3-7-16(17)19(25)24(20)11-14-6-5-9-21-10-14/h3-10,12H,2,11,13H2,1H3. The molecule has 1 aromatic carbocycles. The second-order valence-electron chi connectivity index (χ2n) is 6.04. The first-order valence-corrected chi connectivity index (χ1v) is 10.6. The van der Waals surface area contributed by atoms with Crippen LogP contribution in [0.3, 0.4) is 0 Å². The molecule has 0 atom stereocenters. The van der Waals surface area contributed by atoms with Crippen molar-refractivity contribution >= 4 is 34.0 Å². The zero-order valence-electron chi connectivity index (χ0n) is 14.8. The Hall–Kier alpha value is -2.51. The SMILES string of the molecule is CCc1nc(CSc2nc3ccccc3c(=O)n2Cc2cccnc2)cs1. The predicted molar refractivity (Wildman–Crippen MR) is 110 cm³/mol. The molecule has 3 heterocycles. The van der Waals surface area contributed by atoms with Gasteiger partial charge >= 0.3 is 0 Å². The molecule has 7 heteroatoms. The van der Waals surface area contributed by atoms with Crippen LogP contribution in [0.4, 0.5) is 0 Å². The van der Waals surface area contributed by atoms with Crippen molar-refractivity contribution in [3.63, 3.8) is 0 Å². The molecule has 0 radical (unpaired) electrons. The molecule has 0 aliphatic heterocycles. The number of thioether (sulfide) groups is 1. The van der Waals surface area contributed by atoms with Gasteiger partial charge in [0.05, 0.1) is 28.1 Å². The van der Waals surface area contributed by atoms with Crippen molar-refractivity contribution in [1.82, 2.24) is 19.5 Å². The summed E-state index contributed by atoms with van der Waals surface area (Å²) >= 11 is 3.22. The predicted octanol–water partition coefficient (Wildman–Crippen LogP) is 4.15. The second kappa shape index (κ2) is 8.02. The fourth-order valence-electron chi connectivity index (χ4n) is 2.79. The van der Waals surface area contributed by atoms with Crippen LogP contribution in [-0.4, -0.2) is 19.5 Å². The second-order valence-corrected chi connectivity index (χ2v) is 7.92. The number of benzene rings is 1. The van der Waals surface area contributed by atoms with E-state index in [1.807, 2.05) is 36.4 Å². The van der Waals surface area contributed by atoms with Crippen LogP contribution in [0.25, 0.3) is 10.9 Å². The molecule has 0 fully saturated rings. The van der Waals surface area contributed by atoms with Gasteiger partial charge in [-0.05, 0) is 30.2 Å². The van der Waals surface area contributed by atoms with E-state index in [2.05, 4.69) is 22.3 Å². The number of aryl methyl sites for hydroxylation is 1. The average molecular weight is 395 g/mol. The van der Waals surface area contributed by atoms with Gasteiger partial charge in [0.15, 0.2) is 5.16 Å². The molecule has 0 bridgehead atoms. The summed E-state index contributed by atoms with van der Waals surface area (Å²) in [5.41, 5.74) is 2.69. The number of aromatic nitrogens is 4. The Kier molecular flexibility index (Phi) is 5.31. The molecule has 0 aliphatic carbocycles. The van der Waals surface area contributed by atoms with Crippen molar-refractivity contribution in [2.75, 3.05) is 0 Å². The number of pyridine rings is 1. The van der Waals surface area contributed by atoms with E-state index >= 15 is 0 Å². The Morgan fingerprint density at radius 1 is 1.15 bits per heavy atom. The zero-order valence-corrected chi connectivity index (χ0v) is 16.5. The molecular weight excluding hydrogens is 376 g/mol. The van der Waals surface area contributed by atoms with Crippen molar-refractivity contribution in [2.24, 2.45) is 0 Å². The summed E-state index contributed by atoms with van der Waals surface area (Å²) in [6, 6.07) is 11.3. The summed E-state index contributed by atoms with van der Waals surface area (Å²) in [5, 5.41) is 4.54. The van der Waals surface area contributed by atoms with Gasteiger partial charge in [-0.2, -0.15) is 0 Å². The van der Waals surface area contributed by atoms with E-state index in [-0.39, 0.29) is 5.56 Å². The summed E-state index contributed by atoms with van der Waals surface area (Å²) in [6.07, 6.45) is 4.45. The molecule has 136 valence electrons. The number of fused-ring (bicyclic) bond motifs is 1. The van der Waals surface area contributed by atoms with Crippen molar-refractivity contribution < 1.29 is 0 Å². The number of thiazole rings is 1. The largest absolute Gasteiger partial charge is 0.283 e. The Morgan fingerprint density at radius 3 is 2.81 bits per heavy atom. The monoisotopic (exact) mass is 394 g/mol. The number of nitrogens with zero attached hydrogens (tertiary/aromatic N) is 4. The zero-order chi connectivity index (χ0) is 18.6. The third kappa shape index (κ3) is 3.94. The maximum atomic E-state index is 13.1. The molecule has 0 saturated carbocycles. The molecule has 0 aliphatic rings. The molecule has 0 spiro atoms. The van der Waals surface area contributed by atoms with Gasteiger partial charge in [-0.1, -0.05) is 36.9 Å². The van der Waals surface area contributed by atoms with E-state index in [9.17, 15) is 4.79 Å². The quantitative estimate of drug-likeness (QED) is 0.363. The van der Waals surface area contributed by atoms with Crippen LogP contribution in [0.15, 0.2) is 64.1 Å². The van der Waals surface area contributed by atoms with Gasteiger partial charge in [-0.15, -0.1) is 11.3 Å². The van der Waals surface area contributed by atoms with Crippen LogP contribution in [0.5, 0.6) is 0 Å². The number of para-hydroxylation sites is 1. The maximum Gasteiger partial charge on any atom is 0.262 e. The third-order valence-corrected chi connectivity index (χ3v) is 6.19. The normalized spacial score (nSPS) is 11.1. The molecule has 0 saturated heterocycles. The molecule has 4 aromatic rings. The van der Waals surface area contributed by atoms with Gasteiger partial charge < -0.3 is 0 Å². The highest BCUT2D eigenvalue weighted by atomic mass is 32.2. The minimum absolute atomic E-state index is 0.0283. The topological polar surface area (TPSA) is 60.7 Å². The number of rotatable bonds is 6. The summed E-state index contributed by atoms with van der Waals surface area (Å²) in [7, 11) is 0. The van der Waals surface area contributed by atoms with Crippen molar-refractivity contribution in [3.8, 4) is 0 Å². The Labute approximate surface area is 165 Å². The van der Waals surface area contributed by atoms with E-state index in [0.29, 0.717) is 22.8 Å². The van der Waals surface area contributed by atoms with Gasteiger partial charge in [0.25, 0.3) is 5.56 Å². The van der Waals surface area contributed by atoms with Crippen LogP contribution in [0, 0.1) is 0 Å². The van der Waals surface area contributed by atoms with E-state index in [1.54, 1.807) is 40.1 Å².